The van der Waals surface area contributed by atoms with Crippen LogP contribution in [0.2, 0.25) is 0 Å². The van der Waals surface area contributed by atoms with Crippen LogP contribution in [-0.2, 0) is 5.41 Å². The Morgan fingerprint density at radius 2 is 2.00 bits per heavy atom. The molecule has 1 aromatic rings. The van der Waals surface area contributed by atoms with Gasteiger partial charge in [-0.2, -0.15) is 0 Å². The van der Waals surface area contributed by atoms with Crippen LogP contribution in [0.3, 0.4) is 0 Å². The third-order valence-electron chi connectivity index (χ3n) is 3.48. The monoisotopic (exact) mass is 288 g/mol. The lowest BCUT2D eigenvalue weighted by Crippen LogP contribution is -2.14. The van der Waals surface area contributed by atoms with Gasteiger partial charge in [-0.1, -0.05) is 60.7 Å². The largest absolute Gasteiger partial charge is 0.0990 e. The molecule has 1 aromatic carbocycles. The van der Waals surface area contributed by atoms with Crippen molar-refractivity contribution < 1.29 is 0 Å². The molecule has 1 aliphatic carbocycles. The molecule has 0 unspecified atom stereocenters. The van der Waals surface area contributed by atoms with Gasteiger partial charge < -0.3 is 0 Å². The molecule has 17 heavy (non-hydrogen) atoms. The van der Waals surface area contributed by atoms with Gasteiger partial charge in [0.2, 0.25) is 0 Å². The predicted octanol–water partition coefficient (Wildman–Crippen LogP) is 5.26. The van der Waals surface area contributed by atoms with E-state index in [1.54, 1.807) is 0 Å². The van der Waals surface area contributed by atoms with Gasteiger partial charge in [0.05, 0.1) is 0 Å². The smallest absolute Gasteiger partial charge is 0.0178 e. The molecule has 1 aliphatic rings. The van der Waals surface area contributed by atoms with Crippen molar-refractivity contribution in [1.29, 1.82) is 0 Å². The molecule has 0 nitrogen and oxygen atoms in total. The summed E-state index contributed by atoms with van der Waals surface area (Å²) >= 11 is 3.56. The van der Waals surface area contributed by atoms with Gasteiger partial charge in [0.25, 0.3) is 0 Å². The Bertz CT molecular complexity index is 530. The first-order chi connectivity index (χ1) is 8.02. The summed E-state index contributed by atoms with van der Waals surface area (Å²) in [6.07, 6.45) is 6.19. The highest BCUT2D eigenvalue weighted by molar-refractivity contribution is 9.10. The summed E-state index contributed by atoms with van der Waals surface area (Å²) in [5.74, 6) is 0. The van der Waals surface area contributed by atoms with Crippen molar-refractivity contribution in [2.75, 3.05) is 0 Å². The Balaban J connectivity index is 2.78. The predicted molar refractivity (Wildman–Crippen MR) is 79.1 cm³/mol. The minimum absolute atomic E-state index is 0.0721. The number of allylic oxidation sites excluding steroid dienone is 5. The van der Waals surface area contributed by atoms with E-state index in [0.29, 0.717) is 0 Å². The van der Waals surface area contributed by atoms with Crippen LogP contribution in [0.4, 0.5) is 0 Å². The number of halogens is 1. The molecule has 0 aromatic heterocycles. The van der Waals surface area contributed by atoms with Crippen molar-refractivity contribution in [3.63, 3.8) is 0 Å². The second-order valence-corrected chi connectivity index (χ2v) is 5.75. The summed E-state index contributed by atoms with van der Waals surface area (Å²) in [7, 11) is 0. The fourth-order valence-corrected chi connectivity index (χ4v) is 3.07. The van der Waals surface area contributed by atoms with Gasteiger partial charge in [-0.25, -0.2) is 0 Å². The molecule has 0 saturated heterocycles. The first kappa shape index (κ1) is 12.4. The highest BCUT2D eigenvalue weighted by atomic mass is 79.9. The van der Waals surface area contributed by atoms with Crippen molar-refractivity contribution in [2.45, 2.75) is 26.2 Å². The summed E-state index contributed by atoms with van der Waals surface area (Å²) in [6.45, 7) is 10.5. The highest BCUT2D eigenvalue weighted by Crippen LogP contribution is 2.50. The number of benzene rings is 1. The van der Waals surface area contributed by atoms with E-state index in [-0.39, 0.29) is 5.41 Å². The van der Waals surface area contributed by atoms with Crippen LogP contribution < -0.4 is 0 Å². The molecule has 0 amide bonds. The molecule has 1 heteroatoms. The fraction of sp³-hybridized carbons (Fsp3) is 0.250. The van der Waals surface area contributed by atoms with E-state index >= 15 is 0 Å². The third-order valence-corrected chi connectivity index (χ3v) is 3.98. The van der Waals surface area contributed by atoms with E-state index in [1.165, 1.54) is 22.3 Å². The van der Waals surface area contributed by atoms with Crippen molar-refractivity contribution >= 4 is 21.5 Å². The summed E-state index contributed by atoms with van der Waals surface area (Å²) in [6, 6.07) is 6.51. The zero-order chi connectivity index (χ0) is 12.6. The Morgan fingerprint density at radius 1 is 1.29 bits per heavy atom. The van der Waals surface area contributed by atoms with E-state index in [0.717, 1.165) is 4.47 Å². The van der Waals surface area contributed by atoms with Crippen molar-refractivity contribution in [3.05, 3.63) is 64.2 Å². The van der Waals surface area contributed by atoms with Crippen LogP contribution in [0.15, 0.2) is 53.1 Å². The maximum Gasteiger partial charge on any atom is 0.0178 e. The number of hydrogen-bond donors (Lipinski definition) is 0. The normalized spacial score (nSPS) is 21.9. The SMILES string of the molecule is C=C/C=C1\C(=C/C)C(C)(C)c2cc(Br)ccc21. The van der Waals surface area contributed by atoms with Crippen LogP contribution in [0.25, 0.3) is 5.57 Å². The molecule has 2 rings (SSSR count). The molecule has 0 atom stereocenters. The quantitative estimate of drug-likeness (QED) is 0.662. The van der Waals surface area contributed by atoms with E-state index in [1.807, 2.05) is 6.08 Å². The van der Waals surface area contributed by atoms with Gasteiger partial charge in [-0.3, -0.25) is 0 Å². The first-order valence-corrected chi connectivity index (χ1v) is 6.62. The van der Waals surface area contributed by atoms with E-state index < -0.39 is 0 Å². The lowest BCUT2D eigenvalue weighted by atomic mass is 9.82. The minimum Gasteiger partial charge on any atom is -0.0990 e. The Hall–Kier alpha value is -1.08. The van der Waals surface area contributed by atoms with Gasteiger partial charge in [-0.15, -0.1) is 0 Å². The average molecular weight is 289 g/mol. The average Bonchev–Trinajstić information content (AvgIpc) is 2.48. The van der Waals surface area contributed by atoms with E-state index in [4.69, 9.17) is 0 Å². The van der Waals surface area contributed by atoms with Gasteiger partial charge in [0, 0.05) is 9.89 Å². The molecule has 0 fully saturated rings. The lowest BCUT2D eigenvalue weighted by molar-refractivity contribution is 0.659. The van der Waals surface area contributed by atoms with Crippen LogP contribution in [0, 0.1) is 0 Å². The molecule has 0 saturated carbocycles. The molecule has 0 aliphatic heterocycles. The molecule has 0 radical (unpaired) electrons. The molecule has 0 heterocycles. The Kier molecular flexibility index (Phi) is 3.13. The maximum absolute atomic E-state index is 3.82. The van der Waals surface area contributed by atoms with Gasteiger partial charge >= 0.3 is 0 Å². The van der Waals surface area contributed by atoms with E-state index in [9.17, 15) is 0 Å². The Morgan fingerprint density at radius 3 is 2.59 bits per heavy atom. The second kappa shape index (κ2) is 4.30. The molecular weight excluding hydrogens is 272 g/mol. The molecule has 88 valence electrons. The van der Waals surface area contributed by atoms with Crippen molar-refractivity contribution in [1.82, 2.24) is 0 Å². The molecule has 0 spiro atoms. The lowest BCUT2D eigenvalue weighted by Gasteiger charge is -2.21. The molecule has 0 N–H and O–H groups in total. The minimum atomic E-state index is 0.0721. The standard InChI is InChI=1S/C16H17Br/c1-5-7-12-13-9-8-11(17)10-15(13)16(3,4)14(12)6-2/h5-10H,1H2,2-4H3/b12-7-,14-6+. The summed E-state index contributed by atoms with van der Waals surface area (Å²) in [5.41, 5.74) is 5.46. The topological polar surface area (TPSA) is 0 Å². The van der Waals surface area contributed by atoms with E-state index in [2.05, 4.69) is 73.6 Å². The van der Waals surface area contributed by atoms with Crippen LogP contribution in [0.5, 0.6) is 0 Å². The fourth-order valence-electron chi connectivity index (χ4n) is 2.71. The number of hydrogen-bond acceptors (Lipinski definition) is 0. The zero-order valence-electron chi connectivity index (χ0n) is 10.5. The van der Waals surface area contributed by atoms with Crippen molar-refractivity contribution in [3.8, 4) is 0 Å². The van der Waals surface area contributed by atoms with Gasteiger partial charge in [0.15, 0.2) is 0 Å². The summed E-state index contributed by atoms with van der Waals surface area (Å²) in [4.78, 5) is 0. The van der Waals surface area contributed by atoms with Crippen molar-refractivity contribution in [2.24, 2.45) is 0 Å². The summed E-state index contributed by atoms with van der Waals surface area (Å²) < 4.78 is 1.14. The number of rotatable bonds is 1. The number of fused-ring (bicyclic) bond motifs is 1. The second-order valence-electron chi connectivity index (χ2n) is 4.83. The first-order valence-electron chi connectivity index (χ1n) is 5.82. The van der Waals surface area contributed by atoms with Crippen LogP contribution in [0.1, 0.15) is 31.9 Å². The van der Waals surface area contributed by atoms with Crippen LogP contribution >= 0.6 is 15.9 Å². The maximum atomic E-state index is 3.82. The molecule has 0 bridgehead atoms. The Labute approximate surface area is 112 Å². The molecular formula is C16H17Br. The van der Waals surface area contributed by atoms with Crippen LogP contribution in [-0.4, -0.2) is 0 Å². The summed E-state index contributed by atoms with van der Waals surface area (Å²) in [5, 5.41) is 0. The zero-order valence-corrected chi connectivity index (χ0v) is 12.1. The van der Waals surface area contributed by atoms with Gasteiger partial charge in [-0.05, 0) is 41.3 Å². The highest BCUT2D eigenvalue weighted by Gasteiger charge is 2.37. The van der Waals surface area contributed by atoms with Gasteiger partial charge in [0.1, 0.15) is 0 Å². The third kappa shape index (κ3) is 1.83.